The molecular weight excluding hydrogens is 432 g/mol. The lowest BCUT2D eigenvalue weighted by molar-refractivity contribution is -0.130. The molecule has 34 heavy (non-hydrogen) atoms. The second kappa shape index (κ2) is 8.02. The van der Waals surface area contributed by atoms with Gasteiger partial charge in [-0.3, -0.25) is 14.5 Å². The van der Waals surface area contributed by atoms with Gasteiger partial charge in [-0.05, 0) is 59.4 Å². The molecule has 3 aromatic carbocycles. The highest BCUT2D eigenvalue weighted by atomic mass is 16.5. The molecule has 1 aliphatic heterocycles. The Balaban J connectivity index is 1.40. The summed E-state index contributed by atoms with van der Waals surface area (Å²) >= 11 is 0. The van der Waals surface area contributed by atoms with Crippen LogP contribution in [-0.2, 0) is 16.8 Å². The number of urea groups is 1. The van der Waals surface area contributed by atoms with Gasteiger partial charge in [0, 0.05) is 5.56 Å². The summed E-state index contributed by atoms with van der Waals surface area (Å²) in [5.74, 6) is 0.157. The number of nitrogens with zero attached hydrogens (tertiary/aromatic N) is 1. The first-order valence-corrected chi connectivity index (χ1v) is 11.0. The lowest BCUT2D eigenvalue weighted by Gasteiger charge is -2.23. The van der Waals surface area contributed by atoms with E-state index in [9.17, 15) is 14.4 Å². The zero-order valence-corrected chi connectivity index (χ0v) is 19.2. The van der Waals surface area contributed by atoms with Crippen molar-refractivity contribution in [2.24, 2.45) is 0 Å². The van der Waals surface area contributed by atoms with E-state index in [2.05, 4.69) is 11.4 Å². The average Bonchev–Trinajstić information content (AvgIpc) is 3.33. The third kappa shape index (κ3) is 3.32. The largest absolute Gasteiger partial charge is 0.493 e. The summed E-state index contributed by atoms with van der Waals surface area (Å²) in [6, 6.07) is 18.1. The first kappa shape index (κ1) is 21.7. The summed E-state index contributed by atoms with van der Waals surface area (Å²) in [6.45, 7) is 1.28. The number of amides is 3. The third-order valence-corrected chi connectivity index (χ3v) is 6.66. The minimum Gasteiger partial charge on any atom is -0.493 e. The molecule has 0 bridgehead atoms. The molecule has 1 unspecified atom stereocenters. The van der Waals surface area contributed by atoms with E-state index in [1.807, 2.05) is 30.3 Å². The third-order valence-electron chi connectivity index (χ3n) is 6.66. The maximum absolute atomic E-state index is 13.3. The fourth-order valence-corrected chi connectivity index (χ4v) is 4.72. The number of ether oxygens (including phenoxy) is 2. The molecule has 1 fully saturated rings. The molecule has 5 rings (SSSR count). The van der Waals surface area contributed by atoms with Crippen LogP contribution in [0.2, 0.25) is 0 Å². The van der Waals surface area contributed by atoms with Crippen molar-refractivity contribution in [2.45, 2.75) is 18.9 Å². The summed E-state index contributed by atoms with van der Waals surface area (Å²) in [5.41, 5.74) is 4.20. The Kier molecular flexibility index (Phi) is 5.12. The Morgan fingerprint density at radius 1 is 0.941 bits per heavy atom. The van der Waals surface area contributed by atoms with Crippen LogP contribution in [0.25, 0.3) is 11.1 Å². The number of hydrogen-bond donors (Lipinski definition) is 1. The second-order valence-corrected chi connectivity index (χ2v) is 8.65. The fraction of sp³-hybridized carbons (Fsp3) is 0.222. The molecule has 3 amide bonds. The first-order chi connectivity index (χ1) is 16.4. The molecule has 0 saturated carbocycles. The highest BCUT2D eigenvalue weighted by molar-refractivity contribution is 6.11. The van der Waals surface area contributed by atoms with Gasteiger partial charge >= 0.3 is 6.03 Å². The quantitative estimate of drug-likeness (QED) is 0.351. The Hall–Kier alpha value is -4.13. The predicted molar refractivity (Wildman–Crippen MR) is 126 cm³/mol. The Bertz CT molecular complexity index is 1350. The number of rotatable bonds is 6. The number of ketones is 1. The van der Waals surface area contributed by atoms with Crippen LogP contribution in [0, 0.1) is 0 Å². The SMILES string of the molecule is COc1ccc(C2(C)NC(=O)N(CC(=O)c3ccc4c(c3)-c3ccccc3C4)C2=O)cc1OC. The number of methoxy groups -OCH3 is 2. The maximum Gasteiger partial charge on any atom is 0.325 e. The fourth-order valence-electron chi connectivity index (χ4n) is 4.72. The number of imide groups is 1. The molecule has 1 aliphatic carbocycles. The number of fused-ring (bicyclic) bond motifs is 3. The average molecular weight is 456 g/mol. The van der Waals surface area contributed by atoms with Gasteiger partial charge in [-0.25, -0.2) is 4.79 Å². The number of carbonyl (C=O) groups excluding carboxylic acids is 3. The summed E-state index contributed by atoms with van der Waals surface area (Å²) in [4.78, 5) is 40.2. The van der Waals surface area contributed by atoms with E-state index in [-0.39, 0.29) is 12.3 Å². The van der Waals surface area contributed by atoms with Gasteiger partial charge in [0.05, 0.1) is 20.8 Å². The molecule has 0 spiro atoms. The molecule has 1 heterocycles. The molecule has 7 heteroatoms. The summed E-state index contributed by atoms with van der Waals surface area (Å²) in [6.07, 6.45) is 0.830. The summed E-state index contributed by atoms with van der Waals surface area (Å²) in [7, 11) is 3.02. The van der Waals surface area contributed by atoms with E-state index >= 15 is 0 Å². The van der Waals surface area contributed by atoms with E-state index in [0.717, 1.165) is 28.0 Å². The molecule has 0 radical (unpaired) electrons. The van der Waals surface area contributed by atoms with Crippen molar-refractivity contribution in [3.8, 4) is 22.6 Å². The second-order valence-electron chi connectivity index (χ2n) is 8.65. The van der Waals surface area contributed by atoms with E-state index < -0.39 is 17.5 Å². The minimum atomic E-state index is -1.33. The summed E-state index contributed by atoms with van der Waals surface area (Å²) < 4.78 is 10.6. The van der Waals surface area contributed by atoms with E-state index in [1.165, 1.54) is 19.8 Å². The van der Waals surface area contributed by atoms with Crippen LogP contribution in [0.5, 0.6) is 11.5 Å². The van der Waals surface area contributed by atoms with Gasteiger partial charge in [-0.1, -0.05) is 42.5 Å². The summed E-state index contributed by atoms with van der Waals surface area (Å²) in [5, 5.41) is 2.74. The van der Waals surface area contributed by atoms with Crippen molar-refractivity contribution in [1.82, 2.24) is 10.2 Å². The van der Waals surface area contributed by atoms with E-state index in [4.69, 9.17) is 9.47 Å². The highest BCUT2D eigenvalue weighted by Gasteiger charge is 2.49. The lowest BCUT2D eigenvalue weighted by atomic mass is 9.91. The van der Waals surface area contributed by atoms with Crippen LogP contribution in [0.4, 0.5) is 4.79 Å². The van der Waals surface area contributed by atoms with Crippen molar-refractivity contribution in [2.75, 3.05) is 20.8 Å². The minimum absolute atomic E-state index is 0.299. The Morgan fingerprint density at radius 3 is 2.44 bits per heavy atom. The molecule has 2 aliphatic rings. The maximum atomic E-state index is 13.3. The topological polar surface area (TPSA) is 84.9 Å². The van der Waals surface area contributed by atoms with Crippen LogP contribution in [0.3, 0.4) is 0 Å². The molecule has 3 aromatic rings. The zero-order chi connectivity index (χ0) is 24.0. The van der Waals surface area contributed by atoms with Crippen LogP contribution in [-0.4, -0.2) is 43.4 Å². The van der Waals surface area contributed by atoms with Crippen LogP contribution in [0.1, 0.15) is 34.0 Å². The molecule has 172 valence electrons. The molecular formula is C27H24N2O5. The van der Waals surface area contributed by atoms with E-state index in [0.29, 0.717) is 22.6 Å². The van der Waals surface area contributed by atoms with Gasteiger partial charge in [-0.15, -0.1) is 0 Å². The van der Waals surface area contributed by atoms with Crippen LogP contribution < -0.4 is 14.8 Å². The van der Waals surface area contributed by atoms with Gasteiger partial charge in [-0.2, -0.15) is 0 Å². The van der Waals surface area contributed by atoms with E-state index in [1.54, 1.807) is 31.2 Å². The van der Waals surface area contributed by atoms with Gasteiger partial charge in [0.15, 0.2) is 17.3 Å². The monoisotopic (exact) mass is 456 g/mol. The Morgan fingerprint density at radius 2 is 1.68 bits per heavy atom. The van der Waals surface area contributed by atoms with Crippen LogP contribution in [0.15, 0.2) is 60.7 Å². The number of nitrogens with one attached hydrogen (secondary N) is 1. The standard InChI is InChI=1S/C27H24N2O5/c1-27(19-10-11-23(33-2)24(14-19)34-3)25(31)29(26(32)28-27)15-22(30)18-9-8-17-12-16-6-4-5-7-20(16)21(17)13-18/h4-11,13-14H,12,15H2,1-3H3,(H,28,32). The van der Waals surface area contributed by atoms with Crippen LogP contribution >= 0.6 is 0 Å². The van der Waals surface area contributed by atoms with Crippen molar-refractivity contribution in [1.29, 1.82) is 0 Å². The number of benzene rings is 3. The molecule has 1 atom stereocenters. The van der Waals surface area contributed by atoms with Gasteiger partial charge in [0.25, 0.3) is 5.91 Å². The lowest BCUT2D eigenvalue weighted by Crippen LogP contribution is -2.41. The molecule has 1 saturated heterocycles. The van der Waals surface area contributed by atoms with Crippen molar-refractivity contribution in [3.63, 3.8) is 0 Å². The molecule has 7 nitrogen and oxygen atoms in total. The Labute approximate surface area is 197 Å². The van der Waals surface area contributed by atoms with Gasteiger partial charge < -0.3 is 14.8 Å². The first-order valence-electron chi connectivity index (χ1n) is 11.0. The smallest absolute Gasteiger partial charge is 0.325 e. The normalized spacial score (nSPS) is 18.4. The van der Waals surface area contributed by atoms with Crippen molar-refractivity contribution >= 4 is 17.7 Å². The van der Waals surface area contributed by atoms with Crippen molar-refractivity contribution < 1.29 is 23.9 Å². The van der Waals surface area contributed by atoms with Gasteiger partial charge in [0.2, 0.25) is 0 Å². The number of hydrogen-bond acceptors (Lipinski definition) is 5. The number of Topliss-reactive ketones (excluding diaryl/α,β-unsaturated/α-hetero) is 1. The number of carbonyl (C=O) groups is 3. The van der Waals surface area contributed by atoms with Crippen molar-refractivity contribution in [3.05, 3.63) is 82.9 Å². The predicted octanol–water partition coefficient (Wildman–Crippen LogP) is 3.92. The van der Waals surface area contributed by atoms with Gasteiger partial charge in [0.1, 0.15) is 5.54 Å². The molecule has 1 N–H and O–H groups in total. The highest BCUT2D eigenvalue weighted by Crippen LogP contribution is 2.38. The zero-order valence-electron chi connectivity index (χ0n) is 19.2. The molecule has 0 aromatic heterocycles.